The summed E-state index contributed by atoms with van der Waals surface area (Å²) in [6, 6.07) is 0.602. The molecule has 1 heterocycles. The largest absolute Gasteiger partial charge is 0.342 e. The van der Waals surface area contributed by atoms with Crippen LogP contribution in [0, 0.1) is 11.8 Å². The highest BCUT2D eigenvalue weighted by atomic mass is 16.2. The molecule has 3 heteroatoms. The highest BCUT2D eigenvalue weighted by Crippen LogP contribution is 2.28. The molecule has 2 unspecified atom stereocenters. The maximum atomic E-state index is 12.3. The van der Waals surface area contributed by atoms with E-state index in [1.807, 2.05) is 0 Å². The van der Waals surface area contributed by atoms with Gasteiger partial charge in [0.1, 0.15) is 0 Å². The minimum absolute atomic E-state index is 0.406. The standard InChI is InChI=1S/C15H28N2O/c1-3-16-14-8-9-17(11-12(14)2)15(18)10-13-6-4-5-7-13/h12-14,16H,3-11H2,1-2H3. The quantitative estimate of drug-likeness (QED) is 0.833. The molecule has 2 rings (SSSR count). The van der Waals surface area contributed by atoms with Crippen LogP contribution in [-0.2, 0) is 4.79 Å². The third-order valence-electron chi connectivity index (χ3n) is 4.66. The smallest absolute Gasteiger partial charge is 0.222 e. The molecule has 2 fully saturated rings. The zero-order valence-corrected chi connectivity index (χ0v) is 12.0. The van der Waals surface area contributed by atoms with Gasteiger partial charge >= 0.3 is 0 Å². The molecule has 0 bridgehead atoms. The first-order valence-electron chi connectivity index (χ1n) is 7.72. The van der Waals surface area contributed by atoms with Crippen LogP contribution >= 0.6 is 0 Å². The monoisotopic (exact) mass is 252 g/mol. The van der Waals surface area contributed by atoms with Gasteiger partial charge in [-0.1, -0.05) is 26.7 Å². The second-order valence-electron chi connectivity index (χ2n) is 6.12. The van der Waals surface area contributed by atoms with E-state index >= 15 is 0 Å². The number of likely N-dealkylation sites (tertiary alicyclic amines) is 1. The van der Waals surface area contributed by atoms with Gasteiger partial charge in [0.05, 0.1) is 0 Å². The van der Waals surface area contributed by atoms with Crippen LogP contribution in [0.15, 0.2) is 0 Å². The van der Waals surface area contributed by atoms with Gasteiger partial charge in [-0.3, -0.25) is 4.79 Å². The van der Waals surface area contributed by atoms with Crippen LogP contribution in [0.1, 0.15) is 52.4 Å². The molecule has 18 heavy (non-hydrogen) atoms. The van der Waals surface area contributed by atoms with Crippen LogP contribution in [0.2, 0.25) is 0 Å². The lowest BCUT2D eigenvalue weighted by atomic mass is 9.93. The summed E-state index contributed by atoms with van der Waals surface area (Å²) >= 11 is 0. The summed E-state index contributed by atoms with van der Waals surface area (Å²) in [5.41, 5.74) is 0. The van der Waals surface area contributed by atoms with Crippen molar-refractivity contribution in [3.05, 3.63) is 0 Å². The second-order valence-corrected chi connectivity index (χ2v) is 6.12. The molecule has 1 aliphatic carbocycles. The van der Waals surface area contributed by atoms with Gasteiger partial charge in [0.25, 0.3) is 0 Å². The number of amides is 1. The molecule has 0 aromatic carbocycles. The first kappa shape index (κ1) is 13.9. The van der Waals surface area contributed by atoms with E-state index in [4.69, 9.17) is 0 Å². The summed E-state index contributed by atoms with van der Waals surface area (Å²) in [6.07, 6.45) is 7.13. The Morgan fingerprint density at radius 3 is 2.61 bits per heavy atom. The van der Waals surface area contributed by atoms with Crippen LogP contribution in [0.25, 0.3) is 0 Å². The normalized spacial score (nSPS) is 29.8. The van der Waals surface area contributed by atoms with E-state index in [-0.39, 0.29) is 0 Å². The molecule has 1 N–H and O–H groups in total. The summed E-state index contributed by atoms with van der Waals surface area (Å²) in [5.74, 6) is 1.68. The Morgan fingerprint density at radius 1 is 1.28 bits per heavy atom. The Balaban J connectivity index is 1.78. The number of carbonyl (C=O) groups excluding carboxylic acids is 1. The molecule has 0 spiro atoms. The van der Waals surface area contributed by atoms with Crippen molar-refractivity contribution in [2.24, 2.45) is 11.8 Å². The first-order chi connectivity index (χ1) is 8.70. The highest BCUT2D eigenvalue weighted by molar-refractivity contribution is 5.76. The Kier molecular flexibility index (Phi) is 5.04. The molecule has 1 amide bonds. The zero-order chi connectivity index (χ0) is 13.0. The Bertz CT molecular complexity index is 274. The fourth-order valence-electron chi connectivity index (χ4n) is 3.53. The lowest BCUT2D eigenvalue weighted by Crippen LogP contribution is -2.50. The van der Waals surface area contributed by atoms with Gasteiger partial charge in [-0.2, -0.15) is 0 Å². The average Bonchev–Trinajstić information content (AvgIpc) is 2.84. The lowest BCUT2D eigenvalue weighted by Gasteiger charge is -2.37. The Morgan fingerprint density at radius 2 is 2.00 bits per heavy atom. The van der Waals surface area contributed by atoms with E-state index in [0.717, 1.165) is 32.5 Å². The molecule has 2 atom stereocenters. The van der Waals surface area contributed by atoms with E-state index < -0.39 is 0 Å². The number of nitrogens with zero attached hydrogens (tertiary/aromatic N) is 1. The van der Waals surface area contributed by atoms with E-state index in [1.165, 1.54) is 25.7 Å². The summed E-state index contributed by atoms with van der Waals surface area (Å²) in [7, 11) is 0. The molecule has 1 saturated carbocycles. The van der Waals surface area contributed by atoms with Gasteiger partial charge in [-0.25, -0.2) is 0 Å². The summed E-state index contributed by atoms with van der Waals surface area (Å²) < 4.78 is 0. The van der Waals surface area contributed by atoms with Crippen molar-refractivity contribution in [1.29, 1.82) is 0 Å². The van der Waals surface area contributed by atoms with Crippen molar-refractivity contribution in [1.82, 2.24) is 10.2 Å². The summed E-state index contributed by atoms with van der Waals surface area (Å²) in [5, 5.41) is 3.53. The highest BCUT2D eigenvalue weighted by Gasteiger charge is 2.29. The number of carbonyl (C=O) groups is 1. The molecular formula is C15H28N2O. The van der Waals surface area contributed by atoms with E-state index in [2.05, 4.69) is 24.1 Å². The maximum Gasteiger partial charge on any atom is 0.222 e. The fraction of sp³-hybridized carbons (Fsp3) is 0.933. The fourth-order valence-corrected chi connectivity index (χ4v) is 3.53. The van der Waals surface area contributed by atoms with Crippen molar-refractivity contribution in [2.75, 3.05) is 19.6 Å². The second kappa shape index (κ2) is 6.55. The van der Waals surface area contributed by atoms with Crippen molar-refractivity contribution < 1.29 is 4.79 Å². The Hall–Kier alpha value is -0.570. The lowest BCUT2D eigenvalue weighted by molar-refractivity contribution is -0.134. The van der Waals surface area contributed by atoms with E-state index in [0.29, 0.717) is 23.8 Å². The number of rotatable bonds is 4. The van der Waals surface area contributed by atoms with E-state index in [9.17, 15) is 4.79 Å². The van der Waals surface area contributed by atoms with Gasteiger partial charge in [-0.05, 0) is 37.6 Å². The molecule has 0 aromatic heterocycles. The molecular weight excluding hydrogens is 224 g/mol. The van der Waals surface area contributed by atoms with Gasteiger partial charge in [0.2, 0.25) is 5.91 Å². The van der Waals surface area contributed by atoms with Gasteiger partial charge in [-0.15, -0.1) is 0 Å². The van der Waals surface area contributed by atoms with Gasteiger partial charge in [0, 0.05) is 25.6 Å². The molecule has 0 aromatic rings. The number of hydrogen-bond acceptors (Lipinski definition) is 2. The molecule has 1 aliphatic heterocycles. The first-order valence-corrected chi connectivity index (χ1v) is 7.72. The van der Waals surface area contributed by atoms with Crippen molar-refractivity contribution in [2.45, 2.75) is 58.4 Å². The Labute approximate surface area is 111 Å². The SMILES string of the molecule is CCNC1CCN(C(=O)CC2CCCC2)CC1C. The summed E-state index contributed by atoms with van der Waals surface area (Å²) in [4.78, 5) is 14.4. The van der Waals surface area contributed by atoms with Crippen LogP contribution < -0.4 is 5.32 Å². The van der Waals surface area contributed by atoms with E-state index in [1.54, 1.807) is 0 Å². The zero-order valence-electron chi connectivity index (χ0n) is 12.0. The van der Waals surface area contributed by atoms with Crippen LogP contribution in [0.4, 0.5) is 0 Å². The number of piperidine rings is 1. The van der Waals surface area contributed by atoms with Crippen molar-refractivity contribution in [3.63, 3.8) is 0 Å². The molecule has 1 saturated heterocycles. The van der Waals surface area contributed by atoms with Crippen molar-refractivity contribution in [3.8, 4) is 0 Å². The van der Waals surface area contributed by atoms with Crippen LogP contribution in [-0.4, -0.2) is 36.5 Å². The molecule has 0 radical (unpaired) electrons. The van der Waals surface area contributed by atoms with Gasteiger partial charge < -0.3 is 10.2 Å². The maximum absolute atomic E-state index is 12.3. The third-order valence-corrected chi connectivity index (χ3v) is 4.66. The minimum Gasteiger partial charge on any atom is -0.342 e. The molecule has 104 valence electrons. The minimum atomic E-state index is 0.406. The predicted octanol–water partition coefficient (Wildman–Crippen LogP) is 2.41. The van der Waals surface area contributed by atoms with Gasteiger partial charge in [0.15, 0.2) is 0 Å². The van der Waals surface area contributed by atoms with Crippen molar-refractivity contribution >= 4 is 5.91 Å². The number of nitrogens with one attached hydrogen (secondary N) is 1. The third kappa shape index (κ3) is 3.47. The predicted molar refractivity (Wildman–Crippen MR) is 74.4 cm³/mol. The summed E-state index contributed by atoms with van der Waals surface area (Å²) in [6.45, 7) is 7.36. The average molecular weight is 252 g/mol. The number of hydrogen-bond donors (Lipinski definition) is 1. The topological polar surface area (TPSA) is 32.3 Å². The molecule has 2 aliphatic rings. The van der Waals surface area contributed by atoms with Crippen LogP contribution in [0.3, 0.4) is 0 Å². The molecule has 3 nitrogen and oxygen atoms in total. The van der Waals surface area contributed by atoms with Crippen LogP contribution in [0.5, 0.6) is 0 Å².